The predicted octanol–water partition coefficient (Wildman–Crippen LogP) is 2.36. The van der Waals surface area contributed by atoms with E-state index in [0.29, 0.717) is 6.10 Å². The largest absolute Gasteiger partial charge is 0.376 e. The molecule has 1 aliphatic heterocycles. The van der Waals surface area contributed by atoms with Crippen LogP contribution in [0.3, 0.4) is 0 Å². The molecule has 1 N–H and O–H groups in total. The minimum absolute atomic E-state index is 0.164. The van der Waals surface area contributed by atoms with Crippen molar-refractivity contribution < 1.29 is 4.74 Å². The van der Waals surface area contributed by atoms with Crippen LogP contribution < -0.4 is 5.32 Å². The Kier molecular flexibility index (Phi) is 4.17. The van der Waals surface area contributed by atoms with Crippen LogP contribution in [0.4, 0.5) is 0 Å². The van der Waals surface area contributed by atoms with Crippen molar-refractivity contribution in [1.29, 1.82) is 0 Å². The molecular weight excluding hydrogens is 232 g/mol. The van der Waals surface area contributed by atoms with Crippen LogP contribution in [0.25, 0.3) is 0 Å². The molecule has 0 aliphatic carbocycles. The number of rotatable bonds is 3. The normalized spacial score (nSPS) is 21.7. The Labute approximate surface area is 108 Å². The third kappa shape index (κ3) is 3.76. The van der Waals surface area contributed by atoms with E-state index in [1.54, 1.807) is 11.3 Å². The number of thiazole rings is 1. The molecule has 1 unspecified atom stereocenters. The summed E-state index contributed by atoms with van der Waals surface area (Å²) in [6, 6.07) is 0. The second-order valence-electron chi connectivity index (χ2n) is 5.61. The molecule has 0 amide bonds. The molecule has 1 aliphatic rings. The van der Waals surface area contributed by atoms with Gasteiger partial charge in [0, 0.05) is 30.3 Å². The van der Waals surface area contributed by atoms with E-state index in [4.69, 9.17) is 9.72 Å². The molecule has 96 valence electrons. The molecule has 4 heteroatoms. The first kappa shape index (κ1) is 13.0. The fourth-order valence-corrected chi connectivity index (χ4v) is 2.90. The molecule has 0 spiro atoms. The fourth-order valence-electron chi connectivity index (χ4n) is 1.86. The second kappa shape index (κ2) is 5.46. The predicted molar refractivity (Wildman–Crippen MR) is 71.7 cm³/mol. The van der Waals surface area contributed by atoms with E-state index < -0.39 is 0 Å². The number of nitrogens with zero attached hydrogens (tertiary/aromatic N) is 1. The number of ether oxygens (including phenoxy) is 1. The lowest BCUT2D eigenvalue weighted by Gasteiger charge is -2.23. The maximum atomic E-state index is 5.69. The minimum Gasteiger partial charge on any atom is -0.376 e. The lowest BCUT2D eigenvalue weighted by atomic mass is 9.93. The highest BCUT2D eigenvalue weighted by molar-refractivity contribution is 7.09. The number of morpholine rings is 1. The van der Waals surface area contributed by atoms with E-state index in [0.717, 1.165) is 32.5 Å². The molecule has 0 radical (unpaired) electrons. The van der Waals surface area contributed by atoms with Crippen LogP contribution in [0.2, 0.25) is 0 Å². The van der Waals surface area contributed by atoms with E-state index in [2.05, 4.69) is 31.5 Å². The summed E-state index contributed by atoms with van der Waals surface area (Å²) in [4.78, 5) is 4.71. The average molecular weight is 254 g/mol. The highest BCUT2D eigenvalue weighted by atomic mass is 32.1. The Hall–Kier alpha value is -0.450. The summed E-state index contributed by atoms with van der Waals surface area (Å²) in [7, 11) is 0. The molecular formula is C13H22N2OS. The van der Waals surface area contributed by atoms with Crippen molar-refractivity contribution >= 4 is 11.3 Å². The highest BCUT2D eigenvalue weighted by Crippen LogP contribution is 2.24. The van der Waals surface area contributed by atoms with Crippen molar-refractivity contribution in [2.75, 3.05) is 19.7 Å². The number of nitrogens with one attached hydrogen (secondary N) is 1. The molecule has 3 nitrogen and oxygen atoms in total. The van der Waals surface area contributed by atoms with Crippen LogP contribution in [0.1, 0.15) is 37.9 Å². The molecule has 1 aromatic rings. The van der Waals surface area contributed by atoms with Crippen LogP contribution >= 0.6 is 11.3 Å². The molecule has 1 fully saturated rings. The van der Waals surface area contributed by atoms with Gasteiger partial charge in [0.25, 0.3) is 0 Å². The standard InChI is InChI=1S/C13H22N2OS/c1-13(2,3)11-9-17-12(15-11)5-4-10-8-14-6-7-16-10/h9-10,14H,4-8H2,1-3H3. The van der Waals surface area contributed by atoms with Gasteiger partial charge in [-0.1, -0.05) is 20.8 Å². The zero-order valence-electron chi connectivity index (χ0n) is 11.0. The van der Waals surface area contributed by atoms with Gasteiger partial charge in [-0.05, 0) is 6.42 Å². The van der Waals surface area contributed by atoms with Gasteiger partial charge in [0.1, 0.15) is 0 Å². The van der Waals surface area contributed by atoms with E-state index in [9.17, 15) is 0 Å². The van der Waals surface area contributed by atoms with Gasteiger partial charge in [0.15, 0.2) is 0 Å². The van der Waals surface area contributed by atoms with Crippen LogP contribution in [0, 0.1) is 0 Å². The molecule has 2 rings (SSSR count). The first-order valence-electron chi connectivity index (χ1n) is 6.33. The third-order valence-electron chi connectivity index (χ3n) is 3.00. The topological polar surface area (TPSA) is 34.1 Å². The summed E-state index contributed by atoms with van der Waals surface area (Å²) < 4.78 is 5.69. The van der Waals surface area contributed by atoms with E-state index in [-0.39, 0.29) is 5.41 Å². The highest BCUT2D eigenvalue weighted by Gasteiger charge is 2.18. The van der Waals surface area contributed by atoms with Gasteiger partial charge in [-0.25, -0.2) is 4.98 Å². The number of hydrogen-bond donors (Lipinski definition) is 1. The zero-order valence-corrected chi connectivity index (χ0v) is 11.8. The molecule has 1 saturated heterocycles. The van der Waals surface area contributed by atoms with Gasteiger partial charge in [-0.3, -0.25) is 0 Å². The molecule has 0 aromatic carbocycles. The van der Waals surface area contributed by atoms with Crippen molar-refractivity contribution in [3.8, 4) is 0 Å². The Morgan fingerprint density at radius 1 is 1.53 bits per heavy atom. The van der Waals surface area contributed by atoms with Crippen molar-refractivity contribution in [3.63, 3.8) is 0 Å². The molecule has 0 bridgehead atoms. The van der Waals surface area contributed by atoms with Gasteiger partial charge >= 0.3 is 0 Å². The summed E-state index contributed by atoms with van der Waals surface area (Å²) in [5.74, 6) is 0. The lowest BCUT2D eigenvalue weighted by Crippen LogP contribution is -2.38. The molecule has 17 heavy (non-hydrogen) atoms. The van der Waals surface area contributed by atoms with Crippen molar-refractivity contribution in [3.05, 3.63) is 16.1 Å². The van der Waals surface area contributed by atoms with E-state index in [1.165, 1.54) is 10.7 Å². The first-order valence-corrected chi connectivity index (χ1v) is 7.21. The Bertz CT molecular complexity index is 351. The summed E-state index contributed by atoms with van der Waals surface area (Å²) in [5, 5.41) is 6.79. The summed E-state index contributed by atoms with van der Waals surface area (Å²) in [6.45, 7) is 9.44. The van der Waals surface area contributed by atoms with Gasteiger partial charge in [0.2, 0.25) is 0 Å². The number of aromatic nitrogens is 1. The van der Waals surface area contributed by atoms with Crippen molar-refractivity contribution in [1.82, 2.24) is 10.3 Å². The van der Waals surface area contributed by atoms with Crippen molar-refractivity contribution in [2.45, 2.75) is 45.1 Å². The van der Waals surface area contributed by atoms with Gasteiger partial charge in [0.05, 0.1) is 23.4 Å². The number of hydrogen-bond acceptors (Lipinski definition) is 4. The lowest BCUT2D eigenvalue weighted by molar-refractivity contribution is 0.0238. The Balaban J connectivity index is 1.84. The van der Waals surface area contributed by atoms with Gasteiger partial charge in [-0.15, -0.1) is 11.3 Å². The summed E-state index contributed by atoms with van der Waals surface area (Å²) >= 11 is 1.78. The monoisotopic (exact) mass is 254 g/mol. The quantitative estimate of drug-likeness (QED) is 0.899. The van der Waals surface area contributed by atoms with Crippen LogP contribution in [-0.4, -0.2) is 30.8 Å². The Morgan fingerprint density at radius 3 is 2.94 bits per heavy atom. The van der Waals surface area contributed by atoms with Crippen LogP contribution in [-0.2, 0) is 16.6 Å². The maximum absolute atomic E-state index is 5.69. The zero-order chi connectivity index (χ0) is 12.3. The van der Waals surface area contributed by atoms with Crippen molar-refractivity contribution in [2.24, 2.45) is 0 Å². The molecule has 2 heterocycles. The molecule has 1 atom stereocenters. The first-order chi connectivity index (χ1) is 8.05. The Morgan fingerprint density at radius 2 is 2.35 bits per heavy atom. The van der Waals surface area contributed by atoms with E-state index >= 15 is 0 Å². The van der Waals surface area contributed by atoms with Crippen LogP contribution in [0.15, 0.2) is 5.38 Å². The molecule has 1 aromatic heterocycles. The van der Waals surface area contributed by atoms with Gasteiger partial charge < -0.3 is 10.1 Å². The molecule has 0 saturated carbocycles. The smallest absolute Gasteiger partial charge is 0.0929 e. The van der Waals surface area contributed by atoms with Gasteiger partial charge in [-0.2, -0.15) is 0 Å². The fraction of sp³-hybridized carbons (Fsp3) is 0.769. The van der Waals surface area contributed by atoms with E-state index in [1.807, 2.05) is 0 Å². The minimum atomic E-state index is 0.164. The third-order valence-corrected chi connectivity index (χ3v) is 3.91. The SMILES string of the molecule is CC(C)(C)c1csc(CCC2CNCCO2)n1. The average Bonchev–Trinajstić information content (AvgIpc) is 2.76. The summed E-state index contributed by atoms with van der Waals surface area (Å²) in [5.41, 5.74) is 1.37. The number of aryl methyl sites for hydroxylation is 1. The second-order valence-corrected chi connectivity index (χ2v) is 6.55. The summed E-state index contributed by atoms with van der Waals surface area (Å²) in [6.07, 6.45) is 2.47. The van der Waals surface area contributed by atoms with Crippen LogP contribution in [0.5, 0.6) is 0 Å². The maximum Gasteiger partial charge on any atom is 0.0929 e.